The fourth-order valence-corrected chi connectivity index (χ4v) is 4.43. The molecule has 7 nitrogen and oxygen atoms in total. The number of nitrogens with one attached hydrogen (secondary N) is 1. The zero-order valence-electron chi connectivity index (χ0n) is 18.0. The Morgan fingerprint density at radius 1 is 1.06 bits per heavy atom. The molecule has 3 N–H and O–H groups in total. The zero-order chi connectivity index (χ0) is 21.8. The molecule has 1 fully saturated rings. The molecule has 7 heteroatoms. The van der Waals surface area contributed by atoms with Crippen LogP contribution in [0.1, 0.15) is 44.4 Å². The van der Waals surface area contributed by atoms with Crippen LogP contribution in [0.25, 0.3) is 0 Å². The number of primary amides is 1. The third kappa shape index (κ3) is 4.89. The number of nitrogens with two attached hydrogens (primary N) is 1. The first-order valence-corrected chi connectivity index (χ1v) is 10.9. The van der Waals surface area contributed by atoms with Crippen LogP contribution >= 0.6 is 0 Å². The molecule has 164 valence electrons. The molecular formula is C24H30N4O3. The number of benzene rings is 2. The van der Waals surface area contributed by atoms with E-state index in [0.717, 1.165) is 51.3 Å². The first kappa shape index (κ1) is 21.3. The summed E-state index contributed by atoms with van der Waals surface area (Å²) in [5, 5.41) is 2.69. The minimum atomic E-state index is -0.396. The molecule has 0 bridgehead atoms. The number of amides is 2. The normalized spacial score (nSPS) is 19.0. The molecule has 0 saturated carbocycles. The Hall–Kier alpha value is -2.90. The molecule has 2 aliphatic rings. The summed E-state index contributed by atoms with van der Waals surface area (Å²) in [5.41, 5.74) is 10.1. The van der Waals surface area contributed by atoms with E-state index in [1.807, 2.05) is 24.3 Å². The van der Waals surface area contributed by atoms with Crippen LogP contribution in [0.15, 0.2) is 42.5 Å². The van der Waals surface area contributed by atoms with Crippen LogP contribution in [0.5, 0.6) is 0 Å². The predicted molar refractivity (Wildman–Crippen MR) is 120 cm³/mol. The smallest absolute Gasteiger partial charge is 0.251 e. The summed E-state index contributed by atoms with van der Waals surface area (Å²) < 4.78 is 6.07. The van der Waals surface area contributed by atoms with Crippen LogP contribution in [-0.2, 0) is 11.2 Å². The predicted octanol–water partition coefficient (Wildman–Crippen LogP) is 1.97. The SMILES string of the molecule is CNC(=O)c1ccc2c(c1)CCO[C@@H]2CCN1CCN(c2ccc(C(N)=O)cc2)CC1. The number of carbonyl (C=O) groups excluding carboxylic acids is 2. The second-order valence-corrected chi connectivity index (χ2v) is 8.13. The molecular weight excluding hydrogens is 392 g/mol. The Kier molecular flexibility index (Phi) is 6.53. The highest BCUT2D eigenvalue weighted by atomic mass is 16.5. The molecule has 0 aliphatic carbocycles. The van der Waals surface area contributed by atoms with E-state index in [2.05, 4.69) is 21.2 Å². The fraction of sp³-hybridized carbons (Fsp3) is 0.417. The summed E-state index contributed by atoms with van der Waals surface area (Å²) in [4.78, 5) is 28.0. The standard InChI is InChI=1S/C24H30N4O3/c1-26-24(30)19-4-7-21-18(16-19)9-15-31-22(21)8-10-27-11-13-28(14-12-27)20-5-2-17(3-6-20)23(25)29/h2-7,16,22H,8-15H2,1H3,(H2,25,29)(H,26,30)/t22-/m1/s1. The highest BCUT2D eigenvalue weighted by Gasteiger charge is 2.24. The molecule has 2 aromatic rings. The van der Waals surface area contributed by atoms with Gasteiger partial charge in [0.25, 0.3) is 5.91 Å². The highest BCUT2D eigenvalue weighted by Crippen LogP contribution is 2.31. The summed E-state index contributed by atoms with van der Waals surface area (Å²) >= 11 is 0. The molecule has 1 saturated heterocycles. The fourth-order valence-electron chi connectivity index (χ4n) is 4.43. The van der Waals surface area contributed by atoms with E-state index < -0.39 is 5.91 Å². The minimum absolute atomic E-state index is 0.0482. The molecule has 1 atom stereocenters. The first-order chi connectivity index (χ1) is 15.0. The Labute approximate surface area is 183 Å². The van der Waals surface area contributed by atoms with E-state index in [1.54, 1.807) is 19.2 Å². The van der Waals surface area contributed by atoms with Gasteiger partial charge in [-0.3, -0.25) is 14.5 Å². The summed E-state index contributed by atoms with van der Waals surface area (Å²) in [6.45, 7) is 5.57. The highest BCUT2D eigenvalue weighted by molar-refractivity contribution is 5.94. The Balaban J connectivity index is 1.30. The van der Waals surface area contributed by atoms with E-state index >= 15 is 0 Å². The van der Waals surface area contributed by atoms with Crippen molar-refractivity contribution in [2.45, 2.75) is 18.9 Å². The number of anilines is 1. The van der Waals surface area contributed by atoms with Gasteiger partial charge in [-0.05, 0) is 60.4 Å². The molecule has 0 aromatic heterocycles. The molecule has 0 unspecified atom stereocenters. The lowest BCUT2D eigenvalue weighted by Crippen LogP contribution is -2.47. The first-order valence-electron chi connectivity index (χ1n) is 10.9. The second kappa shape index (κ2) is 9.49. The Morgan fingerprint density at radius 2 is 1.77 bits per heavy atom. The lowest BCUT2D eigenvalue weighted by molar-refractivity contribution is 0.0288. The quantitative estimate of drug-likeness (QED) is 0.743. The molecule has 0 spiro atoms. The number of piperazine rings is 1. The third-order valence-electron chi connectivity index (χ3n) is 6.27. The summed E-state index contributed by atoms with van der Waals surface area (Å²) in [7, 11) is 1.66. The van der Waals surface area contributed by atoms with Crippen molar-refractivity contribution in [1.29, 1.82) is 0 Å². The maximum atomic E-state index is 11.9. The molecule has 2 heterocycles. The van der Waals surface area contributed by atoms with Gasteiger partial charge in [0.1, 0.15) is 0 Å². The van der Waals surface area contributed by atoms with E-state index in [9.17, 15) is 9.59 Å². The van der Waals surface area contributed by atoms with Crippen molar-refractivity contribution in [3.63, 3.8) is 0 Å². The van der Waals surface area contributed by atoms with Gasteiger partial charge in [-0.15, -0.1) is 0 Å². The van der Waals surface area contributed by atoms with Crippen molar-refractivity contribution < 1.29 is 14.3 Å². The van der Waals surface area contributed by atoms with Crippen LogP contribution in [0.4, 0.5) is 5.69 Å². The molecule has 2 amide bonds. The van der Waals surface area contributed by atoms with Crippen LogP contribution < -0.4 is 16.0 Å². The number of rotatable bonds is 6. The van der Waals surface area contributed by atoms with Crippen molar-refractivity contribution in [2.75, 3.05) is 51.3 Å². The van der Waals surface area contributed by atoms with Crippen LogP contribution in [0.2, 0.25) is 0 Å². The van der Waals surface area contributed by atoms with E-state index in [1.165, 1.54) is 11.1 Å². The van der Waals surface area contributed by atoms with Crippen LogP contribution in [0, 0.1) is 0 Å². The number of fused-ring (bicyclic) bond motifs is 1. The van der Waals surface area contributed by atoms with Gasteiger partial charge in [0.05, 0.1) is 12.7 Å². The molecule has 0 radical (unpaired) electrons. The van der Waals surface area contributed by atoms with Crippen molar-refractivity contribution in [3.8, 4) is 0 Å². The Morgan fingerprint density at radius 3 is 2.45 bits per heavy atom. The number of hydrogen-bond acceptors (Lipinski definition) is 5. The summed E-state index contributed by atoms with van der Waals surface area (Å²) in [6, 6.07) is 13.5. The molecule has 2 aliphatic heterocycles. The van der Waals surface area contributed by atoms with Gasteiger partial charge < -0.3 is 20.7 Å². The molecule has 31 heavy (non-hydrogen) atoms. The Bertz CT molecular complexity index is 936. The van der Waals surface area contributed by atoms with Crippen molar-refractivity contribution in [1.82, 2.24) is 10.2 Å². The number of nitrogens with zero attached hydrogens (tertiary/aromatic N) is 2. The van der Waals surface area contributed by atoms with E-state index in [-0.39, 0.29) is 12.0 Å². The topological polar surface area (TPSA) is 87.9 Å². The summed E-state index contributed by atoms with van der Waals surface area (Å²) in [5.74, 6) is -0.444. The van der Waals surface area contributed by atoms with Crippen molar-refractivity contribution >= 4 is 17.5 Å². The van der Waals surface area contributed by atoms with Crippen LogP contribution in [0.3, 0.4) is 0 Å². The van der Waals surface area contributed by atoms with Crippen molar-refractivity contribution in [2.24, 2.45) is 5.73 Å². The number of carbonyl (C=O) groups is 2. The maximum absolute atomic E-state index is 11.9. The number of hydrogen-bond donors (Lipinski definition) is 2. The largest absolute Gasteiger partial charge is 0.373 e. The lowest BCUT2D eigenvalue weighted by atomic mass is 9.93. The van der Waals surface area contributed by atoms with Crippen LogP contribution in [-0.4, -0.2) is 63.1 Å². The summed E-state index contributed by atoms with van der Waals surface area (Å²) in [6.07, 6.45) is 1.88. The van der Waals surface area contributed by atoms with Gasteiger partial charge in [-0.1, -0.05) is 6.07 Å². The average Bonchev–Trinajstić information content (AvgIpc) is 2.82. The monoisotopic (exact) mass is 422 g/mol. The van der Waals surface area contributed by atoms with E-state index in [0.29, 0.717) is 17.7 Å². The van der Waals surface area contributed by atoms with Gasteiger partial charge in [0.2, 0.25) is 5.91 Å². The van der Waals surface area contributed by atoms with Crippen molar-refractivity contribution in [3.05, 3.63) is 64.7 Å². The molecule has 2 aromatic carbocycles. The van der Waals surface area contributed by atoms with Gasteiger partial charge in [0, 0.05) is 56.6 Å². The van der Waals surface area contributed by atoms with Gasteiger partial charge >= 0.3 is 0 Å². The maximum Gasteiger partial charge on any atom is 0.251 e. The van der Waals surface area contributed by atoms with E-state index in [4.69, 9.17) is 10.5 Å². The third-order valence-corrected chi connectivity index (χ3v) is 6.27. The van der Waals surface area contributed by atoms with Gasteiger partial charge in [-0.25, -0.2) is 0 Å². The lowest BCUT2D eigenvalue weighted by Gasteiger charge is -2.37. The zero-order valence-corrected chi connectivity index (χ0v) is 18.0. The minimum Gasteiger partial charge on any atom is -0.373 e. The van der Waals surface area contributed by atoms with Gasteiger partial charge in [-0.2, -0.15) is 0 Å². The second-order valence-electron chi connectivity index (χ2n) is 8.13. The number of ether oxygens (including phenoxy) is 1. The average molecular weight is 423 g/mol. The molecule has 4 rings (SSSR count). The van der Waals surface area contributed by atoms with Gasteiger partial charge in [0.15, 0.2) is 0 Å².